The van der Waals surface area contributed by atoms with Gasteiger partial charge >= 0.3 is 0 Å². The van der Waals surface area contributed by atoms with E-state index in [-0.39, 0.29) is 12.0 Å². The second-order valence-corrected chi connectivity index (χ2v) is 9.22. The predicted molar refractivity (Wildman–Crippen MR) is 115 cm³/mol. The van der Waals surface area contributed by atoms with Gasteiger partial charge in [-0.05, 0) is 76.7 Å². The molecule has 1 aromatic rings. The van der Waals surface area contributed by atoms with Crippen molar-refractivity contribution in [3.05, 3.63) is 23.9 Å². The summed E-state index contributed by atoms with van der Waals surface area (Å²) in [6, 6.07) is 4.20. The van der Waals surface area contributed by atoms with Crippen molar-refractivity contribution in [2.75, 3.05) is 51.3 Å². The maximum atomic E-state index is 13.6. The molecule has 3 saturated heterocycles. The Morgan fingerprint density at radius 1 is 1.21 bits per heavy atom. The number of likely N-dealkylation sites (tertiary alicyclic amines) is 1. The van der Waals surface area contributed by atoms with E-state index >= 15 is 0 Å². The number of nitrogens with zero attached hydrogens (tertiary/aromatic N) is 4. The molecule has 0 radical (unpaired) electrons. The van der Waals surface area contributed by atoms with Gasteiger partial charge in [0.05, 0.1) is 6.10 Å². The van der Waals surface area contributed by atoms with Crippen LogP contribution in [0.3, 0.4) is 0 Å². The lowest BCUT2D eigenvalue weighted by Crippen LogP contribution is -2.49. The molecule has 2 atom stereocenters. The standard InChI is InChI=1S/C23H36N4O2/c1-18-5-3-11-26(16-18)22-15-19(7-10-24-22)23(28)27(17-21-6-4-14-29-21)20-8-12-25(2)13-9-20/h7,10,15,18,20-21H,3-6,8-9,11-14,16-17H2,1-2H3. The number of hydrogen-bond donors (Lipinski definition) is 0. The van der Waals surface area contributed by atoms with Crippen LogP contribution in [0.4, 0.5) is 5.82 Å². The molecule has 0 saturated carbocycles. The molecule has 4 rings (SSSR count). The highest BCUT2D eigenvalue weighted by molar-refractivity contribution is 5.95. The van der Waals surface area contributed by atoms with Crippen molar-refractivity contribution in [1.29, 1.82) is 0 Å². The van der Waals surface area contributed by atoms with E-state index in [1.807, 2.05) is 12.1 Å². The van der Waals surface area contributed by atoms with E-state index in [0.717, 1.165) is 69.9 Å². The summed E-state index contributed by atoms with van der Waals surface area (Å²) < 4.78 is 5.89. The lowest BCUT2D eigenvalue weighted by Gasteiger charge is -2.38. The third-order valence-electron chi connectivity index (χ3n) is 6.79. The zero-order chi connectivity index (χ0) is 20.2. The Morgan fingerprint density at radius 2 is 2.03 bits per heavy atom. The first-order chi connectivity index (χ1) is 14.1. The Bertz CT molecular complexity index is 683. The number of piperidine rings is 2. The summed E-state index contributed by atoms with van der Waals surface area (Å²) in [6.45, 7) is 7.99. The van der Waals surface area contributed by atoms with Crippen LogP contribution in [-0.4, -0.2) is 79.2 Å². The SMILES string of the molecule is CC1CCCN(c2cc(C(=O)N(CC3CCCO3)C3CCN(C)CC3)ccn2)C1. The molecule has 4 heterocycles. The minimum Gasteiger partial charge on any atom is -0.376 e. The minimum atomic E-state index is 0.142. The number of ether oxygens (including phenoxy) is 1. The monoisotopic (exact) mass is 400 g/mol. The van der Waals surface area contributed by atoms with Crippen LogP contribution in [-0.2, 0) is 4.74 Å². The minimum absolute atomic E-state index is 0.142. The molecule has 3 aliphatic heterocycles. The van der Waals surface area contributed by atoms with Crippen molar-refractivity contribution in [3.63, 3.8) is 0 Å². The molecule has 3 fully saturated rings. The van der Waals surface area contributed by atoms with Crippen LogP contribution in [0.15, 0.2) is 18.3 Å². The second kappa shape index (κ2) is 9.43. The van der Waals surface area contributed by atoms with Crippen LogP contribution in [0.1, 0.15) is 55.8 Å². The highest BCUT2D eigenvalue weighted by Crippen LogP contribution is 2.25. The first-order valence-electron chi connectivity index (χ1n) is 11.4. The van der Waals surface area contributed by atoms with Crippen molar-refractivity contribution in [3.8, 4) is 0 Å². The first kappa shape index (κ1) is 20.6. The van der Waals surface area contributed by atoms with Gasteiger partial charge in [-0.2, -0.15) is 0 Å². The van der Waals surface area contributed by atoms with Gasteiger partial charge in [0.25, 0.3) is 5.91 Å². The number of amides is 1. The molecule has 1 amide bonds. The van der Waals surface area contributed by atoms with E-state index in [4.69, 9.17) is 4.74 Å². The van der Waals surface area contributed by atoms with E-state index in [1.54, 1.807) is 6.20 Å². The maximum absolute atomic E-state index is 13.6. The van der Waals surface area contributed by atoms with Gasteiger partial charge in [0, 0.05) is 44.0 Å². The molecule has 0 bridgehead atoms. The number of pyridine rings is 1. The predicted octanol–water partition coefficient (Wildman–Crippen LogP) is 3.03. The number of carbonyl (C=O) groups excluding carboxylic acids is 1. The first-order valence-corrected chi connectivity index (χ1v) is 11.4. The van der Waals surface area contributed by atoms with Crippen LogP contribution < -0.4 is 4.90 Å². The van der Waals surface area contributed by atoms with Crippen LogP contribution in [0.5, 0.6) is 0 Å². The summed E-state index contributed by atoms with van der Waals surface area (Å²) in [7, 11) is 2.16. The van der Waals surface area contributed by atoms with Gasteiger partial charge in [-0.3, -0.25) is 4.79 Å². The van der Waals surface area contributed by atoms with Crippen LogP contribution in [0, 0.1) is 5.92 Å². The highest BCUT2D eigenvalue weighted by atomic mass is 16.5. The van der Waals surface area contributed by atoms with Crippen molar-refractivity contribution >= 4 is 11.7 Å². The smallest absolute Gasteiger partial charge is 0.254 e. The summed E-state index contributed by atoms with van der Waals surface area (Å²) >= 11 is 0. The van der Waals surface area contributed by atoms with Crippen molar-refractivity contribution < 1.29 is 9.53 Å². The topological polar surface area (TPSA) is 48.9 Å². The Balaban J connectivity index is 1.52. The molecule has 3 aliphatic rings. The van der Waals surface area contributed by atoms with E-state index < -0.39 is 0 Å². The third-order valence-corrected chi connectivity index (χ3v) is 6.79. The lowest BCUT2D eigenvalue weighted by molar-refractivity contribution is 0.0320. The Morgan fingerprint density at radius 3 is 2.76 bits per heavy atom. The van der Waals surface area contributed by atoms with Gasteiger partial charge in [-0.15, -0.1) is 0 Å². The summed E-state index contributed by atoms with van der Waals surface area (Å²) in [5, 5.41) is 0. The van der Waals surface area contributed by atoms with Crippen LogP contribution in [0.2, 0.25) is 0 Å². The molecule has 29 heavy (non-hydrogen) atoms. The van der Waals surface area contributed by atoms with Gasteiger partial charge in [0.1, 0.15) is 5.82 Å². The fourth-order valence-corrected chi connectivity index (χ4v) is 5.00. The van der Waals surface area contributed by atoms with Gasteiger partial charge < -0.3 is 19.4 Å². The normalized spacial score (nSPS) is 26.6. The molecular weight excluding hydrogens is 364 g/mol. The highest BCUT2D eigenvalue weighted by Gasteiger charge is 2.31. The van der Waals surface area contributed by atoms with Gasteiger partial charge in [0.2, 0.25) is 0 Å². The van der Waals surface area contributed by atoms with Crippen molar-refractivity contribution in [2.45, 2.75) is 57.6 Å². The zero-order valence-corrected chi connectivity index (χ0v) is 18.1. The van der Waals surface area contributed by atoms with E-state index in [1.165, 1.54) is 12.8 Å². The quantitative estimate of drug-likeness (QED) is 0.760. The average Bonchev–Trinajstić information content (AvgIpc) is 3.26. The zero-order valence-electron chi connectivity index (χ0n) is 18.1. The molecule has 2 unspecified atom stereocenters. The van der Waals surface area contributed by atoms with E-state index in [2.05, 4.69) is 33.7 Å². The third kappa shape index (κ3) is 5.10. The van der Waals surface area contributed by atoms with Crippen LogP contribution in [0.25, 0.3) is 0 Å². The molecule has 160 valence electrons. The summed E-state index contributed by atoms with van der Waals surface area (Å²) in [4.78, 5) is 25.0. The molecule has 0 N–H and O–H groups in total. The fraction of sp³-hybridized carbons (Fsp3) is 0.739. The van der Waals surface area contributed by atoms with Crippen molar-refractivity contribution in [2.24, 2.45) is 5.92 Å². The van der Waals surface area contributed by atoms with Crippen LogP contribution >= 0.6 is 0 Å². The molecule has 6 heteroatoms. The number of rotatable bonds is 5. The van der Waals surface area contributed by atoms with Gasteiger partial charge in [0.15, 0.2) is 0 Å². The Labute approximate surface area is 175 Å². The lowest BCUT2D eigenvalue weighted by atomic mass is 10.00. The van der Waals surface area contributed by atoms with Gasteiger partial charge in [-0.25, -0.2) is 4.98 Å². The van der Waals surface area contributed by atoms with E-state index in [0.29, 0.717) is 18.5 Å². The fourth-order valence-electron chi connectivity index (χ4n) is 5.00. The maximum Gasteiger partial charge on any atom is 0.254 e. The number of carbonyl (C=O) groups is 1. The molecule has 0 aromatic carbocycles. The largest absolute Gasteiger partial charge is 0.376 e. The number of aromatic nitrogens is 1. The summed E-state index contributed by atoms with van der Waals surface area (Å²) in [5.41, 5.74) is 0.769. The number of hydrogen-bond acceptors (Lipinski definition) is 5. The molecular formula is C23H36N4O2. The van der Waals surface area contributed by atoms with Crippen molar-refractivity contribution in [1.82, 2.24) is 14.8 Å². The molecule has 0 spiro atoms. The van der Waals surface area contributed by atoms with Gasteiger partial charge in [-0.1, -0.05) is 6.92 Å². The number of anilines is 1. The van der Waals surface area contributed by atoms with E-state index in [9.17, 15) is 4.79 Å². The average molecular weight is 401 g/mol. The molecule has 0 aliphatic carbocycles. The Hall–Kier alpha value is -1.66. The summed E-state index contributed by atoms with van der Waals surface area (Å²) in [5.74, 6) is 1.77. The molecule has 1 aromatic heterocycles. The second-order valence-electron chi connectivity index (χ2n) is 9.22. The summed E-state index contributed by atoms with van der Waals surface area (Å²) in [6.07, 6.45) is 8.70. The molecule has 6 nitrogen and oxygen atoms in total. The Kier molecular flexibility index (Phi) is 6.70.